The molecule has 1 aliphatic heterocycles. The number of hydrogen-bond donors (Lipinski definition) is 1. The molecule has 0 spiro atoms. The van der Waals surface area contributed by atoms with Crippen LogP contribution in [0.3, 0.4) is 0 Å². The second-order valence-electron chi connectivity index (χ2n) is 6.09. The number of amides is 2. The molecular formula is C18H27N3O2. The summed E-state index contributed by atoms with van der Waals surface area (Å²) in [6.45, 7) is 1.38. The molecule has 1 aromatic carbocycles. The Bertz CT molecular complexity index is 518. The summed E-state index contributed by atoms with van der Waals surface area (Å²) >= 11 is 0. The second-order valence-corrected chi connectivity index (χ2v) is 6.09. The van der Waals surface area contributed by atoms with Gasteiger partial charge in [-0.25, -0.2) is 0 Å². The van der Waals surface area contributed by atoms with Gasteiger partial charge in [0.1, 0.15) is 6.04 Å². The molecule has 23 heavy (non-hydrogen) atoms. The average Bonchev–Trinajstić information content (AvgIpc) is 2.96. The third-order valence-electron chi connectivity index (χ3n) is 4.45. The topological polar surface area (TPSA) is 66.6 Å². The van der Waals surface area contributed by atoms with Crippen LogP contribution in [0.15, 0.2) is 30.3 Å². The van der Waals surface area contributed by atoms with Crippen LogP contribution in [0.1, 0.15) is 38.5 Å². The van der Waals surface area contributed by atoms with E-state index in [9.17, 15) is 9.59 Å². The fourth-order valence-corrected chi connectivity index (χ4v) is 3.01. The predicted molar refractivity (Wildman–Crippen MR) is 92.1 cm³/mol. The monoisotopic (exact) mass is 317 g/mol. The van der Waals surface area contributed by atoms with Gasteiger partial charge >= 0.3 is 0 Å². The molecule has 126 valence electrons. The van der Waals surface area contributed by atoms with Gasteiger partial charge in [0.15, 0.2) is 0 Å². The van der Waals surface area contributed by atoms with Crippen LogP contribution < -0.4 is 10.6 Å². The molecule has 0 saturated carbocycles. The molecule has 2 amide bonds. The minimum absolute atomic E-state index is 0.0233. The Morgan fingerprint density at radius 3 is 2.61 bits per heavy atom. The lowest BCUT2D eigenvalue weighted by Crippen LogP contribution is -2.42. The molecule has 1 aliphatic rings. The fraction of sp³-hybridized carbons (Fsp3) is 0.556. The van der Waals surface area contributed by atoms with Crippen LogP contribution >= 0.6 is 0 Å². The Morgan fingerprint density at radius 2 is 1.91 bits per heavy atom. The molecule has 0 radical (unpaired) electrons. The molecule has 1 fully saturated rings. The molecule has 5 nitrogen and oxygen atoms in total. The summed E-state index contributed by atoms with van der Waals surface area (Å²) in [6, 6.07) is 9.31. The van der Waals surface area contributed by atoms with Gasteiger partial charge in [0, 0.05) is 25.7 Å². The molecule has 2 rings (SSSR count). The number of nitrogens with two attached hydrogens (primary N) is 1. The number of likely N-dealkylation sites (N-methyl/N-ethyl adjacent to an activating group) is 1. The summed E-state index contributed by atoms with van der Waals surface area (Å²) in [5.41, 5.74) is 6.37. The molecule has 1 heterocycles. The zero-order chi connectivity index (χ0) is 16.7. The first-order chi connectivity index (χ1) is 11.1. The van der Waals surface area contributed by atoms with Crippen LogP contribution in [0.5, 0.6) is 0 Å². The van der Waals surface area contributed by atoms with E-state index >= 15 is 0 Å². The zero-order valence-corrected chi connectivity index (χ0v) is 13.9. The zero-order valence-electron chi connectivity index (χ0n) is 13.9. The number of rotatable bonds is 8. The Kier molecular flexibility index (Phi) is 6.59. The quantitative estimate of drug-likeness (QED) is 0.747. The molecule has 1 saturated heterocycles. The number of hydrogen-bond acceptors (Lipinski definition) is 3. The minimum atomic E-state index is -0.327. The van der Waals surface area contributed by atoms with Gasteiger partial charge in [-0.05, 0) is 37.9 Å². The van der Waals surface area contributed by atoms with Crippen LogP contribution in [0.2, 0.25) is 0 Å². The number of para-hydroxylation sites is 1. The lowest BCUT2D eigenvalue weighted by atomic mass is 10.1. The summed E-state index contributed by atoms with van der Waals surface area (Å²) in [5, 5.41) is 0. The molecule has 0 aliphatic carbocycles. The summed E-state index contributed by atoms with van der Waals surface area (Å²) < 4.78 is 0. The third kappa shape index (κ3) is 4.55. The smallest absolute Gasteiger partial charge is 0.249 e. The van der Waals surface area contributed by atoms with Crippen molar-refractivity contribution < 1.29 is 9.59 Å². The van der Waals surface area contributed by atoms with Crippen LogP contribution in [-0.2, 0) is 9.59 Å². The van der Waals surface area contributed by atoms with E-state index in [0.29, 0.717) is 25.9 Å². The Hall–Kier alpha value is -1.88. The van der Waals surface area contributed by atoms with Crippen molar-refractivity contribution in [3.8, 4) is 0 Å². The van der Waals surface area contributed by atoms with Gasteiger partial charge in [-0.15, -0.1) is 0 Å². The SMILES string of the molecule is CN(C(=O)CCCCCCN)C1CCN(c2ccccc2)C1=O. The van der Waals surface area contributed by atoms with Crippen molar-refractivity contribution in [3.05, 3.63) is 30.3 Å². The molecule has 0 bridgehead atoms. The molecular weight excluding hydrogens is 290 g/mol. The minimum Gasteiger partial charge on any atom is -0.334 e. The second kappa shape index (κ2) is 8.67. The van der Waals surface area contributed by atoms with Crippen molar-refractivity contribution in [1.29, 1.82) is 0 Å². The molecule has 0 aromatic heterocycles. The lowest BCUT2D eigenvalue weighted by molar-refractivity contribution is -0.136. The first-order valence-electron chi connectivity index (χ1n) is 8.47. The Morgan fingerprint density at radius 1 is 1.22 bits per heavy atom. The van der Waals surface area contributed by atoms with Crippen molar-refractivity contribution in [1.82, 2.24) is 4.90 Å². The highest BCUT2D eigenvalue weighted by Gasteiger charge is 2.36. The standard InChI is InChI=1S/C18H27N3O2/c1-20(17(22)11-7-2-3-8-13-19)16-12-14-21(18(16)23)15-9-5-4-6-10-15/h4-6,9-10,16H,2-3,7-8,11-14,19H2,1H3. The van der Waals surface area contributed by atoms with E-state index in [1.807, 2.05) is 30.3 Å². The Labute approximate surface area is 138 Å². The molecule has 1 unspecified atom stereocenters. The molecule has 1 atom stereocenters. The van der Waals surface area contributed by atoms with Crippen LogP contribution in [0, 0.1) is 0 Å². The molecule has 5 heteroatoms. The number of anilines is 1. The number of benzene rings is 1. The first kappa shape index (κ1) is 17.5. The van der Waals surface area contributed by atoms with Crippen molar-refractivity contribution in [2.45, 2.75) is 44.6 Å². The van der Waals surface area contributed by atoms with Crippen molar-refractivity contribution in [2.75, 3.05) is 25.0 Å². The number of carbonyl (C=O) groups is 2. The van der Waals surface area contributed by atoms with Crippen LogP contribution in [-0.4, -0.2) is 42.9 Å². The van der Waals surface area contributed by atoms with Crippen LogP contribution in [0.4, 0.5) is 5.69 Å². The maximum absolute atomic E-state index is 12.6. The summed E-state index contributed by atoms with van der Waals surface area (Å²) in [7, 11) is 1.75. The third-order valence-corrected chi connectivity index (χ3v) is 4.45. The lowest BCUT2D eigenvalue weighted by Gasteiger charge is -2.24. The summed E-state index contributed by atoms with van der Waals surface area (Å²) in [5.74, 6) is 0.0844. The van der Waals surface area contributed by atoms with Gasteiger partial charge < -0.3 is 15.5 Å². The maximum atomic E-state index is 12.6. The van der Waals surface area contributed by atoms with Crippen molar-refractivity contribution in [2.24, 2.45) is 5.73 Å². The highest BCUT2D eigenvalue weighted by Crippen LogP contribution is 2.24. The summed E-state index contributed by atoms with van der Waals surface area (Å²) in [4.78, 5) is 28.3. The number of unbranched alkanes of at least 4 members (excludes halogenated alkanes) is 3. The number of nitrogens with zero attached hydrogens (tertiary/aromatic N) is 2. The normalized spacial score (nSPS) is 17.6. The first-order valence-corrected chi connectivity index (χ1v) is 8.47. The van der Waals surface area contributed by atoms with E-state index in [-0.39, 0.29) is 17.9 Å². The van der Waals surface area contributed by atoms with Crippen LogP contribution in [0.25, 0.3) is 0 Å². The van der Waals surface area contributed by atoms with E-state index in [0.717, 1.165) is 31.4 Å². The highest BCUT2D eigenvalue weighted by atomic mass is 16.2. The van der Waals surface area contributed by atoms with Gasteiger partial charge in [-0.3, -0.25) is 9.59 Å². The van der Waals surface area contributed by atoms with Gasteiger partial charge in [-0.2, -0.15) is 0 Å². The van der Waals surface area contributed by atoms with Gasteiger partial charge in [-0.1, -0.05) is 31.0 Å². The number of carbonyl (C=O) groups excluding carboxylic acids is 2. The van der Waals surface area contributed by atoms with E-state index in [2.05, 4.69) is 0 Å². The largest absolute Gasteiger partial charge is 0.334 e. The van der Waals surface area contributed by atoms with Crippen molar-refractivity contribution in [3.63, 3.8) is 0 Å². The van der Waals surface area contributed by atoms with E-state index in [1.165, 1.54) is 0 Å². The average molecular weight is 317 g/mol. The van der Waals surface area contributed by atoms with Gasteiger partial charge in [0.25, 0.3) is 0 Å². The maximum Gasteiger partial charge on any atom is 0.249 e. The van der Waals surface area contributed by atoms with E-state index in [1.54, 1.807) is 16.8 Å². The fourth-order valence-electron chi connectivity index (χ4n) is 3.01. The predicted octanol–water partition coefficient (Wildman–Crippen LogP) is 2.16. The molecule has 2 N–H and O–H groups in total. The van der Waals surface area contributed by atoms with E-state index in [4.69, 9.17) is 5.73 Å². The van der Waals surface area contributed by atoms with Gasteiger partial charge in [0.05, 0.1) is 0 Å². The van der Waals surface area contributed by atoms with Gasteiger partial charge in [0.2, 0.25) is 11.8 Å². The highest BCUT2D eigenvalue weighted by molar-refractivity contribution is 6.01. The summed E-state index contributed by atoms with van der Waals surface area (Å²) in [6.07, 6.45) is 5.17. The van der Waals surface area contributed by atoms with Crippen molar-refractivity contribution >= 4 is 17.5 Å². The Balaban J connectivity index is 1.84. The molecule has 1 aromatic rings. The van der Waals surface area contributed by atoms with E-state index < -0.39 is 0 Å².